The average Bonchev–Trinajstić information content (AvgIpc) is 3.35. The molecule has 8 nitrogen and oxygen atoms in total. The monoisotopic (exact) mass is 482 g/mol. The minimum atomic E-state index is -0.388. The summed E-state index contributed by atoms with van der Waals surface area (Å²) in [5.74, 6) is 0.993. The Morgan fingerprint density at radius 2 is 1.89 bits per heavy atom. The summed E-state index contributed by atoms with van der Waals surface area (Å²) in [6.07, 6.45) is 4.41. The molecule has 0 saturated carbocycles. The molecule has 0 N–H and O–H groups in total. The Bertz CT molecular complexity index is 1490. The summed E-state index contributed by atoms with van der Waals surface area (Å²) in [4.78, 5) is 29.4. The van der Waals surface area contributed by atoms with Crippen molar-refractivity contribution in [1.29, 1.82) is 5.26 Å². The number of para-hydroxylation sites is 1. The van der Waals surface area contributed by atoms with Gasteiger partial charge in [-0.15, -0.1) is 0 Å². The molecule has 4 rings (SSSR count). The predicted octanol–water partition coefficient (Wildman–Crippen LogP) is 5.57. The fourth-order valence-corrected chi connectivity index (χ4v) is 4.26. The van der Waals surface area contributed by atoms with Crippen molar-refractivity contribution < 1.29 is 9.34 Å². The maximum Gasteiger partial charge on any atom is 0.277 e. The van der Waals surface area contributed by atoms with Gasteiger partial charge in [-0.3, -0.25) is 19.5 Å². The zero-order valence-corrected chi connectivity index (χ0v) is 20.2. The second kappa shape index (κ2) is 10.8. The summed E-state index contributed by atoms with van der Waals surface area (Å²) in [7, 11) is 0. The molecule has 0 radical (unpaired) electrons. The molecule has 8 heteroatoms. The van der Waals surface area contributed by atoms with Gasteiger partial charge < -0.3 is 4.42 Å². The zero-order chi connectivity index (χ0) is 25.7. The molecule has 0 atom stereocenters. The second-order valence-corrected chi connectivity index (χ2v) is 8.60. The number of nitro groups is 1. The van der Waals surface area contributed by atoms with E-state index in [1.54, 1.807) is 35.8 Å². The van der Waals surface area contributed by atoms with Crippen LogP contribution in [-0.4, -0.2) is 14.5 Å². The number of nitriles is 1. The van der Waals surface area contributed by atoms with E-state index < -0.39 is 0 Å². The van der Waals surface area contributed by atoms with Crippen LogP contribution in [-0.2, 0) is 19.4 Å². The molecule has 0 aliphatic rings. The number of unbranched alkanes of at least 4 members (excludes halogenated alkanes) is 1. The summed E-state index contributed by atoms with van der Waals surface area (Å²) in [5, 5.41) is 20.7. The summed E-state index contributed by atoms with van der Waals surface area (Å²) >= 11 is 0. The van der Waals surface area contributed by atoms with Crippen LogP contribution < -0.4 is 5.56 Å². The second-order valence-electron chi connectivity index (χ2n) is 8.60. The lowest BCUT2D eigenvalue weighted by Crippen LogP contribution is -2.30. The van der Waals surface area contributed by atoms with Crippen molar-refractivity contribution in [2.45, 2.75) is 46.1 Å². The van der Waals surface area contributed by atoms with Crippen LogP contribution in [0.4, 0.5) is 5.69 Å². The Hall–Kier alpha value is -4.51. The fraction of sp³-hybridized carbons (Fsp3) is 0.250. The highest BCUT2D eigenvalue weighted by Gasteiger charge is 2.18. The Morgan fingerprint density at radius 1 is 1.14 bits per heavy atom. The van der Waals surface area contributed by atoms with Gasteiger partial charge in [0.2, 0.25) is 0 Å². The Labute approximate surface area is 208 Å². The summed E-state index contributed by atoms with van der Waals surface area (Å²) < 4.78 is 6.99. The first-order valence-electron chi connectivity index (χ1n) is 11.8. The van der Waals surface area contributed by atoms with Gasteiger partial charge in [-0.2, -0.15) is 5.26 Å². The first kappa shape index (κ1) is 24.6. The van der Waals surface area contributed by atoms with E-state index in [2.05, 4.69) is 13.0 Å². The van der Waals surface area contributed by atoms with Crippen LogP contribution in [0.3, 0.4) is 0 Å². The average molecular weight is 483 g/mol. The van der Waals surface area contributed by atoms with Crippen LogP contribution in [0.2, 0.25) is 0 Å². The first-order valence-corrected chi connectivity index (χ1v) is 11.8. The number of hydrogen-bond donors (Lipinski definition) is 0. The van der Waals surface area contributed by atoms with E-state index in [1.807, 2.05) is 24.3 Å². The number of nitro benzene ring substituents is 1. The molecule has 0 unspecified atom stereocenters. The number of aromatic nitrogens is 2. The summed E-state index contributed by atoms with van der Waals surface area (Å²) in [6.45, 7) is 4.01. The normalized spacial score (nSPS) is 10.8. The lowest BCUT2D eigenvalue weighted by molar-refractivity contribution is -0.384. The summed E-state index contributed by atoms with van der Waals surface area (Å²) in [6, 6.07) is 17.7. The van der Waals surface area contributed by atoms with Crippen LogP contribution in [0.15, 0.2) is 70.1 Å². The minimum Gasteiger partial charge on any atom is -0.466 e. The van der Waals surface area contributed by atoms with E-state index in [0.29, 0.717) is 41.1 Å². The third-order valence-corrected chi connectivity index (χ3v) is 6.22. The van der Waals surface area contributed by atoms with Crippen molar-refractivity contribution in [1.82, 2.24) is 9.55 Å². The van der Waals surface area contributed by atoms with Gasteiger partial charge in [0.05, 0.1) is 34.6 Å². The molecule has 0 saturated heterocycles. The van der Waals surface area contributed by atoms with Crippen LogP contribution in [0, 0.1) is 28.4 Å². The van der Waals surface area contributed by atoms with Crippen LogP contribution >= 0.6 is 0 Å². The van der Waals surface area contributed by atoms with E-state index in [0.717, 1.165) is 29.7 Å². The Morgan fingerprint density at radius 3 is 2.58 bits per heavy atom. The van der Waals surface area contributed by atoms with E-state index in [-0.39, 0.29) is 22.7 Å². The molecule has 0 spiro atoms. The van der Waals surface area contributed by atoms with Gasteiger partial charge in [-0.1, -0.05) is 49.7 Å². The quantitative estimate of drug-likeness (QED) is 0.227. The van der Waals surface area contributed by atoms with Crippen LogP contribution in [0.5, 0.6) is 0 Å². The molecule has 0 bridgehead atoms. The van der Waals surface area contributed by atoms with Crippen LogP contribution in [0.25, 0.3) is 11.1 Å². The summed E-state index contributed by atoms with van der Waals surface area (Å²) in [5.41, 5.74) is 3.85. The van der Waals surface area contributed by atoms with Gasteiger partial charge in [0.1, 0.15) is 17.7 Å². The fourth-order valence-electron chi connectivity index (χ4n) is 4.26. The maximum atomic E-state index is 13.6. The Balaban J connectivity index is 1.70. The minimum absolute atomic E-state index is 0.0485. The standard InChI is InChI=1S/C28H26N4O4/c1-3-4-8-25-24(28(33)31(19(2)30-25)18-27-22(17-29)14-15-36-27)16-20-10-12-21(13-11-20)23-7-5-6-9-26(23)32(34)35/h5-7,9-15H,3-4,8,16,18H2,1-2H3. The zero-order valence-electron chi connectivity index (χ0n) is 20.2. The third-order valence-electron chi connectivity index (χ3n) is 6.22. The lowest BCUT2D eigenvalue weighted by atomic mass is 9.98. The molecule has 0 aliphatic heterocycles. The number of hydrogen-bond acceptors (Lipinski definition) is 6. The van der Waals surface area contributed by atoms with Crippen molar-refractivity contribution >= 4 is 5.69 Å². The molecule has 4 aromatic rings. The smallest absolute Gasteiger partial charge is 0.277 e. The highest BCUT2D eigenvalue weighted by molar-refractivity contribution is 5.73. The van der Waals surface area contributed by atoms with E-state index in [9.17, 15) is 20.2 Å². The SMILES string of the molecule is CCCCc1nc(C)n(Cc2occc2C#N)c(=O)c1Cc1ccc(-c2ccccc2[N+](=O)[O-])cc1. The third kappa shape index (κ3) is 5.10. The van der Waals surface area contributed by atoms with Crippen molar-refractivity contribution in [3.8, 4) is 17.2 Å². The molecule has 36 heavy (non-hydrogen) atoms. The van der Waals surface area contributed by atoms with Crippen molar-refractivity contribution in [2.75, 3.05) is 0 Å². The number of rotatable bonds is 9. The van der Waals surface area contributed by atoms with Crippen molar-refractivity contribution in [3.05, 3.63) is 115 Å². The molecular weight excluding hydrogens is 456 g/mol. The van der Waals surface area contributed by atoms with E-state index >= 15 is 0 Å². The molecular formula is C28H26N4O4. The molecule has 182 valence electrons. The van der Waals surface area contributed by atoms with Gasteiger partial charge >= 0.3 is 0 Å². The predicted molar refractivity (Wildman–Crippen MR) is 136 cm³/mol. The van der Waals surface area contributed by atoms with Crippen LogP contribution in [0.1, 0.15) is 53.7 Å². The lowest BCUT2D eigenvalue weighted by Gasteiger charge is -2.15. The van der Waals surface area contributed by atoms with E-state index in [1.165, 1.54) is 12.3 Å². The van der Waals surface area contributed by atoms with Gasteiger partial charge in [0, 0.05) is 18.1 Å². The van der Waals surface area contributed by atoms with E-state index in [4.69, 9.17) is 9.40 Å². The topological polar surface area (TPSA) is 115 Å². The van der Waals surface area contributed by atoms with Gasteiger partial charge in [-0.25, -0.2) is 4.98 Å². The number of nitrogens with zero attached hydrogens (tertiary/aromatic N) is 4. The molecule has 2 heterocycles. The highest BCUT2D eigenvalue weighted by Crippen LogP contribution is 2.30. The van der Waals surface area contributed by atoms with Crippen molar-refractivity contribution in [2.24, 2.45) is 0 Å². The molecule has 0 aliphatic carbocycles. The Kier molecular flexibility index (Phi) is 7.40. The number of furan rings is 1. The highest BCUT2D eigenvalue weighted by atomic mass is 16.6. The van der Waals surface area contributed by atoms with Gasteiger partial charge in [0.25, 0.3) is 11.2 Å². The molecule has 0 amide bonds. The molecule has 0 fully saturated rings. The number of aryl methyl sites for hydroxylation is 2. The van der Waals surface area contributed by atoms with Gasteiger partial charge in [0.15, 0.2) is 0 Å². The maximum absolute atomic E-state index is 13.6. The van der Waals surface area contributed by atoms with Crippen molar-refractivity contribution in [3.63, 3.8) is 0 Å². The van der Waals surface area contributed by atoms with Gasteiger partial charge in [-0.05, 0) is 43.0 Å². The largest absolute Gasteiger partial charge is 0.466 e. The molecule has 2 aromatic heterocycles. The number of benzene rings is 2. The molecule has 2 aromatic carbocycles. The first-order chi connectivity index (χ1) is 17.4.